The highest BCUT2D eigenvalue weighted by atomic mass is 35.5. The molecule has 1 saturated heterocycles. The summed E-state index contributed by atoms with van der Waals surface area (Å²) >= 11 is 8.12. The Kier molecular flexibility index (Phi) is 4.16. The van der Waals surface area contributed by atoms with E-state index < -0.39 is 0 Å². The summed E-state index contributed by atoms with van der Waals surface area (Å²) in [6, 6.07) is 8.16. The molecule has 3 nitrogen and oxygen atoms in total. The van der Waals surface area contributed by atoms with Crippen LogP contribution in [0.1, 0.15) is 53.1 Å². The van der Waals surface area contributed by atoms with Crippen LogP contribution < -0.4 is 0 Å². The van der Waals surface area contributed by atoms with Gasteiger partial charge >= 0.3 is 0 Å². The Balaban J connectivity index is 1.34. The average Bonchev–Trinajstić information content (AvgIpc) is 3.28. The van der Waals surface area contributed by atoms with Gasteiger partial charge in [-0.1, -0.05) is 29.8 Å². The zero-order valence-corrected chi connectivity index (χ0v) is 14.1. The van der Waals surface area contributed by atoms with Crippen LogP contribution in [0.25, 0.3) is 0 Å². The Morgan fingerprint density at radius 3 is 2.27 bits per heavy atom. The van der Waals surface area contributed by atoms with E-state index in [9.17, 15) is 0 Å². The Hall–Kier alpha value is -0.970. The van der Waals surface area contributed by atoms with Gasteiger partial charge in [0.05, 0.1) is 0 Å². The summed E-state index contributed by atoms with van der Waals surface area (Å²) in [5.74, 6) is 1.33. The lowest BCUT2D eigenvalue weighted by Gasteiger charge is -2.31. The lowest BCUT2D eigenvalue weighted by atomic mass is 9.97. The normalized spacial score (nSPS) is 20.4. The average molecular weight is 334 g/mol. The van der Waals surface area contributed by atoms with Crippen LogP contribution in [0.5, 0.6) is 0 Å². The van der Waals surface area contributed by atoms with Crippen LogP contribution in [0.3, 0.4) is 0 Å². The van der Waals surface area contributed by atoms with Gasteiger partial charge in [0, 0.05) is 23.4 Å². The Labute approximate surface area is 140 Å². The molecule has 4 rings (SSSR count). The van der Waals surface area contributed by atoms with Crippen LogP contribution in [0.15, 0.2) is 24.3 Å². The smallest absolute Gasteiger partial charge is 0.120 e. The Morgan fingerprint density at radius 1 is 1.00 bits per heavy atom. The molecule has 2 aliphatic rings. The number of halogens is 1. The van der Waals surface area contributed by atoms with E-state index in [4.69, 9.17) is 11.6 Å². The standard InChI is InChI=1S/C17H20ClN3S/c18-15-4-2-1-3-14(15)11-21-9-7-13(8-10-21)17-20-19-16(22-17)12-5-6-12/h1-4,12-13H,5-11H2. The van der Waals surface area contributed by atoms with Crippen LogP contribution in [0.2, 0.25) is 5.02 Å². The first-order valence-electron chi connectivity index (χ1n) is 8.08. The van der Waals surface area contributed by atoms with Crippen LogP contribution >= 0.6 is 22.9 Å². The van der Waals surface area contributed by atoms with E-state index in [1.807, 2.05) is 23.5 Å². The van der Waals surface area contributed by atoms with Crippen molar-refractivity contribution in [3.8, 4) is 0 Å². The minimum absolute atomic E-state index is 0.604. The molecule has 0 bridgehead atoms. The Morgan fingerprint density at radius 2 is 1.64 bits per heavy atom. The maximum atomic E-state index is 6.26. The largest absolute Gasteiger partial charge is 0.299 e. The van der Waals surface area contributed by atoms with Gasteiger partial charge in [-0.15, -0.1) is 21.5 Å². The van der Waals surface area contributed by atoms with E-state index >= 15 is 0 Å². The van der Waals surface area contributed by atoms with E-state index in [2.05, 4.69) is 27.2 Å². The quantitative estimate of drug-likeness (QED) is 0.827. The summed E-state index contributed by atoms with van der Waals surface area (Å²) in [4.78, 5) is 2.50. The highest BCUT2D eigenvalue weighted by Crippen LogP contribution is 2.43. The van der Waals surface area contributed by atoms with Crippen LogP contribution in [-0.4, -0.2) is 28.2 Å². The van der Waals surface area contributed by atoms with Crippen molar-refractivity contribution in [2.24, 2.45) is 0 Å². The zero-order chi connectivity index (χ0) is 14.9. The predicted octanol–water partition coefficient (Wildman–Crippen LogP) is 4.45. The molecule has 2 heterocycles. The van der Waals surface area contributed by atoms with Crippen molar-refractivity contribution < 1.29 is 0 Å². The fourth-order valence-electron chi connectivity index (χ4n) is 3.11. The Bertz CT molecular complexity index is 645. The number of piperidine rings is 1. The summed E-state index contributed by atoms with van der Waals surface area (Å²) in [5.41, 5.74) is 1.23. The second-order valence-electron chi connectivity index (χ2n) is 6.39. The fourth-order valence-corrected chi connectivity index (χ4v) is 4.49. The third-order valence-corrected chi connectivity index (χ3v) is 6.29. The number of rotatable bonds is 4. The van der Waals surface area contributed by atoms with E-state index in [1.165, 1.54) is 41.3 Å². The lowest BCUT2D eigenvalue weighted by Crippen LogP contribution is -2.32. The third kappa shape index (κ3) is 3.19. The summed E-state index contributed by atoms with van der Waals surface area (Å²) in [7, 11) is 0. The minimum atomic E-state index is 0.604. The highest BCUT2D eigenvalue weighted by molar-refractivity contribution is 7.11. The molecule has 1 aromatic heterocycles. The number of likely N-dealkylation sites (tertiary alicyclic amines) is 1. The SMILES string of the molecule is Clc1ccccc1CN1CCC(c2nnc(C3CC3)s2)CC1. The van der Waals surface area contributed by atoms with Gasteiger partial charge < -0.3 is 0 Å². The zero-order valence-electron chi connectivity index (χ0n) is 12.5. The molecule has 2 aromatic rings. The highest BCUT2D eigenvalue weighted by Gasteiger charge is 2.30. The van der Waals surface area contributed by atoms with Gasteiger partial charge in [0.2, 0.25) is 0 Å². The summed E-state index contributed by atoms with van der Waals surface area (Å²) in [6.45, 7) is 3.19. The predicted molar refractivity (Wildman–Crippen MR) is 90.6 cm³/mol. The molecule has 0 atom stereocenters. The first-order chi connectivity index (χ1) is 10.8. The molecule has 22 heavy (non-hydrogen) atoms. The van der Waals surface area contributed by atoms with Gasteiger partial charge in [0.1, 0.15) is 10.0 Å². The second-order valence-corrected chi connectivity index (χ2v) is 7.84. The molecule has 116 valence electrons. The molecular weight excluding hydrogens is 314 g/mol. The minimum Gasteiger partial charge on any atom is -0.299 e. The third-order valence-electron chi connectivity index (χ3n) is 4.67. The van der Waals surface area contributed by atoms with Crippen LogP contribution in [-0.2, 0) is 6.54 Å². The summed E-state index contributed by atoms with van der Waals surface area (Å²) < 4.78 is 0. The topological polar surface area (TPSA) is 29.0 Å². The lowest BCUT2D eigenvalue weighted by molar-refractivity contribution is 0.204. The van der Waals surface area contributed by atoms with E-state index in [0.29, 0.717) is 5.92 Å². The van der Waals surface area contributed by atoms with Crippen molar-refractivity contribution in [3.63, 3.8) is 0 Å². The van der Waals surface area contributed by atoms with Crippen LogP contribution in [0, 0.1) is 0 Å². The number of hydrogen-bond acceptors (Lipinski definition) is 4. The van der Waals surface area contributed by atoms with Gasteiger partial charge in [-0.25, -0.2) is 0 Å². The molecule has 5 heteroatoms. The van der Waals surface area contributed by atoms with Gasteiger partial charge in [0.25, 0.3) is 0 Å². The maximum absolute atomic E-state index is 6.26. The van der Waals surface area contributed by atoms with E-state index in [0.717, 1.165) is 30.6 Å². The van der Waals surface area contributed by atoms with Crippen molar-refractivity contribution in [1.82, 2.24) is 15.1 Å². The van der Waals surface area contributed by atoms with Gasteiger partial charge in [-0.2, -0.15) is 0 Å². The van der Waals surface area contributed by atoms with Gasteiger partial charge in [-0.05, 0) is 50.4 Å². The molecule has 0 N–H and O–H groups in total. The summed E-state index contributed by atoms with van der Waals surface area (Å²) in [6.07, 6.45) is 4.99. The van der Waals surface area contributed by atoms with Gasteiger partial charge in [0.15, 0.2) is 0 Å². The maximum Gasteiger partial charge on any atom is 0.120 e. The number of aromatic nitrogens is 2. The van der Waals surface area contributed by atoms with Crippen molar-refractivity contribution >= 4 is 22.9 Å². The molecule has 1 saturated carbocycles. The number of nitrogens with zero attached hydrogens (tertiary/aromatic N) is 3. The molecular formula is C17H20ClN3S. The number of benzene rings is 1. The molecule has 1 aliphatic carbocycles. The van der Waals surface area contributed by atoms with Crippen molar-refractivity contribution in [1.29, 1.82) is 0 Å². The molecule has 0 amide bonds. The van der Waals surface area contributed by atoms with Crippen molar-refractivity contribution in [2.45, 2.75) is 44.1 Å². The molecule has 1 aromatic carbocycles. The monoisotopic (exact) mass is 333 g/mol. The van der Waals surface area contributed by atoms with E-state index in [1.54, 1.807) is 0 Å². The summed E-state index contributed by atoms with van der Waals surface area (Å²) in [5, 5.41) is 12.3. The fraction of sp³-hybridized carbons (Fsp3) is 0.529. The molecule has 1 aliphatic heterocycles. The van der Waals surface area contributed by atoms with Crippen molar-refractivity contribution in [3.05, 3.63) is 44.9 Å². The molecule has 0 spiro atoms. The molecule has 0 unspecified atom stereocenters. The molecule has 0 radical (unpaired) electrons. The van der Waals surface area contributed by atoms with Crippen molar-refractivity contribution in [2.75, 3.05) is 13.1 Å². The number of hydrogen-bond donors (Lipinski definition) is 0. The first-order valence-corrected chi connectivity index (χ1v) is 9.28. The first kappa shape index (κ1) is 14.6. The second kappa shape index (κ2) is 6.26. The van der Waals surface area contributed by atoms with Crippen LogP contribution in [0.4, 0.5) is 0 Å². The van der Waals surface area contributed by atoms with E-state index in [-0.39, 0.29) is 0 Å². The molecule has 2 fully saturated rings. The van der Waals surface area contributed by atoms with Gasteiger partial charge in [-0.3, -0.25) is 4.90 Å².